The molecule has 1 aromatic carbocycles. The van der Waals surface area contributed by atoms with Gasteiger partial charge in [0.15, 0.2) is 5.78 Å². The van der Waals surface area contributed by atoms with Crippen molar-refractivity contribution in [2.75, 3.05) is 0 Å². The number of carbonyl (C=O) groups is 2. The third kappa shape index (κ3) is 4.23. The van der Waals surface area contributed by atoms with Crippen molar-refractivity contribution in [2.45, 2.75) is 20.3 Å². The Labute approximate surface area is 101 Å². The Kier molecular flexibility index (Phi) is 4.64. The van der Waals surface area contributed by atoms with Gasteiger partial charge in [-0.2, -0.15) is 0 Å². The van der Waals surface area contributed by atoms with Crippen LogP contribution in [0.25, 0.3) is 6.08 Å². The molecule has 0 spiro atoms. The molecule has 17 heavy (non-hydrogen) atoms. The summed E-state index contributed by atoms with van der Waals surface area (Å²) in [6.45, 7) is 3.73. The van der Waals surface area contributed by atoms with Crippen LogP contribution in [0.4, 0.5) is 0 Å². The molecule has 0 amide bonds. The van der Waals surface area contributed by atoms with E-state index in [-0.39, 0.29) is 18.1 Å². The number of carboxylic acids is 1. The molecule has 0 aliphatic heterocycles. The van der Waals surface area contributed by atoms with Gasteiger partial charge in [0.2, 0.25) is 0 Å². The largest absolute Gasteiger partial charge is 0.481 e. The molecule has 90 valence electrons. The van der Waals surface area contributed by atoms with Gasteiger partial charge in [-0.1, -0.05) is 50.3 Å². The van der Waals surface area contributed by atoms with Crippen LogP contribution in [0.5, 0.6) is 0 Å². The Morgan fingerprint density at radius 1 is 1.24 bits per heavy atom. The standard InChI is InChI=1S/C14H16O3/c1-10(2)14(17)12-8-6-11(7-9-12)4-3-5-13(15)16/h3-4,6-10H,5H2,1-2H3,(H,15,16). The number of Topliss-reactive ketones (excluding diaryl/α,β-unsaturated/α-hetero) is 1. The third-order valence-electron chi connectivity index (χ3n) is 2.32. The summed E-state index contributed by atoms with van der Waals surface area (Å²) in [5, 5.41) is 8.47. The summed E-state index contributed by atoms with van der Waals surface area (Å²) in [6.07, 6.45) is 3.33. The zero-order valence-electron chi connectivity index (χ0n) is 10.0. The molecule has 0 unspecified atom stereocenters. The Morgan fingerprint density at radius 2 is 1.82 bits per heavy atom. The van der Waals surface area contributed by atoms with Crippen molar-refractivity contribution in [1.82, 2.24) is 0 Å². The van der Waals surface area contributed by atoms with Crippen LogP contribution in [0.3, 0.4) is 0 Å². The van der Waals surface area contributed by atoms with E-state index in [1.54, 1.807) is 24.3 Å². The van der Waals surface area contributed by atoms with E-state index >= 15 is 0 Å². The maximum absolute atomic E-state index is 11.7. The molecule has 1 aromatic rings. The van der Waals surface area contributed by atoms with Crippen LogP contribution in [0.15, 0.2) is 30.3 Å². The SMILES string of the molecule is CC(C)C(=O)c1ccc(C=CCC(=O)O)cc1. The fourth-order valence-corrected chi connectivity index (χ4v) is 1.39. The third-order valence-corrected chi connectivity index (χ3v) is 2.32. The minimum atomic E-state index is -0.854. The van der Waals surface area contributed by atoms with Gasteiger partial charge in [-0.25, -0.2) is 0 Å². The smallest absolute Gasteiger partial charge is 0.307 e. The second-order valence-corrected chi connectivity index (χ2v) is 4.14. The highest BCUT2D eigenvalue weighted by molar-refractivity contribution is 5.97. The molecule has 0 bridgehead atoms. The zero-order chi connectivity index (χ0) is 12.8. The van der Waals surface area contributed by atoms with E-state index in [9.17, 15) is 9.59 Å². The van der Waals surface area contributed by atoms with E-state index in [1.807, 2.05) is 26.0 Å². The topological polar surface area (TPSA) is 54.4 Å². The molecule has 1 N–H and O–H groups in total. The molecule has 0 radical (unpaired) electrons. The van der Waals surface area contributed by atoms with Gasteiger partial charge in [-0.05, 0) is 5.56 Å². The number of benzene rings is 1. The Bertz CT molecular complexity index is 427. The van der Waals surface area contributed by atoms with Crippen LogP contribution in [-0.4, -0.2) is 16.9 Å². The van der Waals surface area contributed by atoms with Crippen molar-refractivity contribution >= 4 is 17.8 Å². The predicted octanol–water partition coefficient (Wildman–Crippen LogP) is 3.01. The molecule has 0 saturated carbocycles. The molecule has 0 atom stereocenters. The molecule has 0 aromatic heterocycles. The Morgan fingerprint density at radius 3 is 2.29 bits per heavy atom. The van der Waals surface area contributed by atoms with Gasteiger partial charge in [-0.15, -0.1) is 0 Å². The number of carbonyl (C=O) groups excluding carboxylic acids is 1. The van der Waals surface area contributed by atoms with E-state index in [2.05, 4.69) is 0 Å². The first-order chi connectivity index (χ1) is 8.00. The van der Waals surface area contributed by atoms with Gasteiger partial charge < -0.3 is 5.11 Å². The minimum Gasteiger partial charge on any atom is -0.481 e. The molecule has 1 rings (SSSR count). The van der Waals surface area contributed by atoms with Gasteiger partial charge in [0, 0.05) is 11.5 Å². The lowest BCUT2D eigenvalue weighted by atomic mass is 10.00. The van der Waals surface area contributed by atoms with Crippen molar-refractivity contribution in [1.29, 1.82) is 0 Å². The van der Waals surface area contributed by atoms with Gasteiger partial charge in [0.05, 0.1) is 6.42 Å². The molecule has 3 heteroatoms. The van der Waals surface area contributed by atoms with E-state index in [0.717, 1.165) is 5.56 Å². The minimum absolute atomic E-state index is 0.00662. The summed E-state index contributed by atoms with van der Waals surface area (Å²) >= 11 is 0. The van der Waals surface area contributed by atoms with Crippen LogP contribution >= 0.6 is 0 Å². The summed E-state index contributed by atoms with van der Waals surface area (Å²) in [5.41, 5.74) is 1.59. The van der Waals surface area contributed by atoms with Crippen molar-refractivity contribution in [3.8, 4) is 0 Å². The Hall–Kier alpha value is -1.90. The molecular formula is C14H16O3. The number of hydrogen-bond acceptors (Lipinski definition) is 2. The first-order valence-corrected chi connectivity index (χ1v) is 5.53. The quantitative estimate of drug-likeness (QED) is 0.794. The Balaban J connectivity index is 2.71. The summed E-state index contributed by atoms with van der Waals surface area (Å²) in [6, 6.07) is 7.16. The monoisotopic (exact) mass is 232 g/mol. The first kappa shape index (κ1) is 13.2. The van der Waals surface area contributed by atoms with E-state index < -0.39 is 5.97 Å². The van der Waals surface area contributed by atoms with Crippen LogP contribution in [0, 0.1) is 5.92 Å². The van der Waals surface area contributed by atoms with Crippen molar-refractivity contribution in [3.63, 3.8) is 0 Å². The van der Waals surface area contributed by atoms with Gasteiger partial charge >= 0.3 is 5.97 Å². The molecule has 0 aliphatic rings. The second kappa shape index (κ2) is 5.99. The average molecular weight is 232 g/mol. The highest BCUT2D eigenvalue weighted by atomic mass is 16.4. The number of carboxylic acid groups (broad SMARTS) is 1. The lowest BCUT2D eigenvalue weighted by Gasteiger charge is -2.03. The van der Waals surface area contributed by atoms with E-state index in [4.69, 9.17) is 5.11 Å². The van der Waals surface area contributed by atoms with Gasteiger partial charge in [0.25, 0.3) is 0 Å². The van der Waals surface area contributed by atoms with Crippen molar-refractivity contribution in [3.05, 3.63) is 41.5 Å². The molecule has 3 nitrogen and oxygen atoms in total. The van der Waals surface area contributed by atoms with Gasteiger partial charge in [0.1, 0.15) is 0 Å². The number of hydrogen-bond donors (Lipinski definition) is 1. The van der Waals surface area contributed by atoms with Crippen molar-refractivity contribution in [2.24, 2.45) is 5.92 Å². The molecule has 0 heterocycles. The second-order valence-electron chi connectivity index (χ2n) is 4.14. The number of rotatable bonds is 5. The predicted molar refractivity (Wildman–Crippen MR) is 66.9 cm³/mol. The number of ketones is 1. The molecule has 0 fully saturated rings. The van der Waals surface area contributed by atoms with Crippen LogP contribution in [-0.2, 0) is 4.79 Å². The highest BCUT2D eigenvalue weighted by Crippen LogP contribution is 2.11. The first-order valence-electron chi connectivity index (χ1n) is 5.53. The van der Waals surface area contributed by atoms with Crippen LogP contribution in [0.1, 0.15) is 36.2 Å². The molecule has 0 aliphatic carbocycles. The maximum atomic E-state index is 11.7. The molecule has 0 saturated heterocycles. The van der Waals surface area contributed by atoms with E-state index in [1.165, 1.54) is 0 Å². The zero-order valence-corrected chi connectivity index (χ0v) is 10.0. The van der Waals surface area contributed by atoms with Crippen LogP contribution in [0.2, 0.25) is 0 Å². The highest BCUT2D eigenvalue weighted by Gasteiger charge is 2.09. The van der Waals surface area contributed by atoms with E-state index in [0.29, 0.717) is 5.56 Å². The molecular weight excluding hydrogens is 216 g/mol. The van der Waals surface area contributed by atoms with Crippen LogP contribution < -0.4 is 0 Å². The lowest BCUT2D eigenvalue weighted by molar-refractivity contribution is -0.135. The summed E-state index contributed by atoms with van der Waals surface area (Å²) in [4.78, 5) is 22.0. The maximum Gasteiger partial charge on any atom is 0.307 e. The lowest BCUT2D eigenvalue weighted by Crippen LogP contribution is -2.06. The number of aliphatic carboxylic acids is 1. The summed E-state index contributed by atoms with van der Waals surface area (Å²) in [7, 11) is 0. The fraction of sp³-hybridized carbons (Fsp3) is 0.286. The van der Waals surface area contributed by atoms with Crippen molar-refractivity contribution < 1.29 is 14.7 Å². The average Bonchev–Trinajstić information content (AvgIpc) is 2.28. The summed E-state index contributed by atoms with van der Waals surface area (Å²) in [5.74, 6) is -0.748. The summed E-state index contributed by atoms with van der Waals surface area (Å²) < 4.78 is 0. The fourth-order valence-electron chi connectivity index (χ4n) is 1.39. The normalized spacial score (nSPS) is 11.0. The van der Waals surface area contributed by atoms with Gasteiger partial charge in [-0.3, -0.25) is 9.59 Å².